The van der Waals surface area contributed by atoms with E-state index in [1.165, 1.54) is 19.2 Å². The number of urea groups is 1. The molecule has 0 spiro atoms. The molecule has 8 nitrogen and oxygen atoms in total. The van der Waals surface area contributed by atoms with Crippen LogP contribution in [0.25, 0.3) is 0 Å². The fourth-order valence-electron chi connectivity index (χ4n) is 2.49. The Morgan fingerprint density at radius 3 is 2.95 bits per heavy atom. The number of amides is 2. The fourth-order valence-corrected chi connectivity index (χ4v) is 2.49. The van der Waals surface area contributed by atoms with Gasteiger partial charge in [-0.25, -0.2) is 14.8 Å². The predicted molar refractivity (Wildman–Crippen MR) is 82.8 cm³/mol. The van der Waals surface area contributed by atoms with Gasteiger partial charge in [0.1, 0.15) is 12.2 Å². The number of carbonyl (C=O) groups excluding carboxylic acids is 1. The van der Waals surface area contributed by atoms with Crippen molar-refractivity contribution in [1.29, 1.82) is 0 Å². The van der Waals surface area contributed by atoms with Gasteiger partial charge in [-0.15, -0.1) is 0 Å². The summed E-state index contributed by atoms with van der Waals surface area (Å²) in [5.41, 5.74) is 0.738. The predicted octanol–water partition coefficient (Wildman–Crippen LogP) is 1.16. The Labute approximate surface area is 128 Å². The highest BCUT2D eigenvalue weighted by Gasteiger charge is 2.17. The first kappa shape index (κ1) is 14.3. The Balaban J connectivity index is 1.54. The van der Waals surface area contributed by atoms with Crippen LogP contribution in [-0.4, -0.2) is 45.8 Å². The van der Waals surface area contributed by atoms with Gasteiger partial charge in [-0.3, -0.25) is 5.10 Å². The molecule has 0 radical (unpaired) electrons. The summed E-state index contributed by atoms with van der Waals surface area (Å²) >= 11 is 0. The Hall–Kier alpha value is -2.64. The van der Waals surface area contributed by atoms with E-state index in [-0.39, 0.29) is 6.03 Å². The van der Waals surface area contributed by atoms with Crippen LogP contribution in [0.5, 0.6) is 0 Å². The highest BCUT2D eigenvalue weighted by atomic mass is 16.2. The number of hydrogen-bond acceptors (Lipinski definition) is 5. The summed E-state index contributed by atoms with van der Waals surface area (Å²) in [6.45, 7) is 2.46. The van der Waals surface area contributed by atoms with Crippen molar-refractivity contribution in [3.63, 3.8) is 0 Å². The average molecular weight is 301 g/mol. The lowest BCUT2D eigenvalue weighted by molar-refractivity contribution is 0.252. The number of hydrogen-bond donors (Lipinski definition) is 3. The minimum absolute atomic E-state index is 0.243. The van der Waals surface area contributed by atoms with E-state index >= 15 is 0 Å². The summed E-state index contributed by atoms with van der Waals surface area (Å²) in [6.07, 6.45) is 6.15. The summed E-state index contributed by atoms with van der Waals surface area (Å²) in [6, 6.07) is 3.45. The first-order valence-corrected chi connectivity index (χ1v) is 7.42. The molecule has 1 aliphatic heterocycles. The van der Waals surface area contributed by atoms with Gasteiger partial charge in [-0.05, 0) is 25.0 Å². The zero-order valence-corrected chi connectivity index (χ0v) is 12.2. The van der Waals surface area contributed by atoms with Gasteiger partial charge in [0.05, 0.1) is 5.69 Å². The Morgan fingerprint density at radius 1 is 1.32 bits per heavy atom. The Kier molecular flexibility index (Phi) is 4.47. The summed E-state index contributed by atoms with van der Waals surface area (Å²) in [7, 11) is 0. The third kappa shape index (κ3) is 3.51. The fraction of sp³-hybridized carbons (Fsp3) is 0.429. The van der Waals surface area contributed by atoms with Crippen LogP contribution in [0.15, 0.2) is 24.7 Å². The van der Waals surface area contributed by atoms with E-state index in [9.17, 15) is 4.79 Å². The first-order valence-electron chi connectivity index (χ1n) is 7.42. The van der Waals surface area contributed by atoms with Gasteiger partial charge in [0, 0.05) is 32.3 Å². The smallest absolute Gasteiger partial charge is 0.319 e. The van der Waals surface area contributed by atoms with Crippen LogP contribution in [0.1, 0.15) is 18.7 Å². The normalized spacial score (nSPS) is 14.1. The average Bonchev–Trinajstić information content (AvgIpc) is 3.21. The largest absolute Gasteiger partial charge is 0.355 e. The third-order valence-corrected chi connectivity index (χ3v) is 3.55. The van der Waals surface area contributed by atoms with Crippen molar-refractivity contribution in [2.24, 2.45) is 0 Å². The Morgan fingerprint density at radius 2 is 2.18 bits per heavy atom. The number of nitrogens with one attached hydrogen (secondary N) is 3. The van der Waals surface area contributed by atoms with E-state index in [1.807, 2.05) is 12.1 Å². The number of carbonyl (C=O) groups is 1. The van der Waals surface area contributed by atoms with E-state index < -0.39 is 0 Å². The maximum Gasteiger partial charge on any atom is 0.319 e. The molecular formula is C14H19N7O. The van der Waals surface area contributed by atoms with Crippen LogP contribution in [0, 0.1) is 0 Å². The van der Waals surface area contributed by atoms with Gasteiger partial charge >= 0.3 is 6.03 Å². The summed E-state index contributed by atoms with van der Waals surface area (Å²) < 4.78 is 0. The van der Waals surface area contributed by atoms with Crippen LogP contribution in [-0.2, 0) is 6.42 Å². The zero-order valence-electron chi connectivity index (χ0n) is 12.2. The van der Waals surface area contributed by atoms with Gasteiger partial charge in [-0.2, -0.15) is 5.10 Å². The van der Waals surface area contributed by atoms with Gasteiger partial charge in [0.25, 0.3) is 0 Å². The zero-order chi connectivity index (χ0) is 15.2. The molecule has 3 rings (SSSR count). The number of pyridine rings is 1. The summed E-state index contributed by atoms with van der Waals surface area (Å²) in [4.78, 5) is 22.6. The topological polar surface area (TPSA) is 98.8 Å². The highest BCUT2D eigenvalue weighted by Crippen LogP contribution is 2.25. The number of H-pyrrole nitrogens is 1. The Bertz CT molecular complexity index is 607. The molecule has 0 saturated carbocycles. The van der Waals surface area contributed by atoms with Crippen molar-refractivity contribution in [2.45, 2.75) is 19.3 Å². The summed E-state index contributed by atoms with van der Waals surface area (Å²) in [5, 5.41) is 12.2. The van der Waals surface area contributed by atoms with Crippen molar-refractivity contribution < 1.29 is 4.79 Å². The monoisotopic (exact) mass is 301 g/mol. The molecule has 2 amide bonds. The molecule has 0 bridgehead atoms. The standard InChI is InChI=1S/C14H19N7O/c22-14(16-7-5-12-17-10-18-20-12)19-11-4-3-6-15-13(11)21-8-1-2-9-21/h3-4,6,10H,1-2,5,7-9H2,(H2,16,19,22)(H,17,18,20). The van der Waals surface area contributed by atoms with E-state index in [4.69, 9.17) is 0 Å². The lowest BCUT2D eigenvalue weighted by Gasteiger charge is -2.20. The first-order chi connectivity index (χ1) is 10.8. The van der Waals surface area contributed by atoms with Crippen molar-refractivity contribution in [3.8, 4) is 0 Å². The van der Waals surface area contributed by atoms with Gasteiger partial charge in [0.15, 0.2) is 5.82 Å². The molecule has 116 valence electrons. The van der Waals surface area contributed by atoms with Crippen molar-refractivity contribution in [3.05, 3.63) is 30.5 Å². The molecule has 2 aromatic rings. The van der Waals surface area contributed by atoms with Crippen molar-refractivity contribution in [1.82, 2.24) is 25.5 Å². The molecule has 3 heterocycles. The molecule has 8 heteroatoms. The number of aromatic nitrogens is 4. The second-order valence-electron chi connectivity index (χ2n) is 5.13. The van der Waals surface area contributed by atoms with E-state index in [1.54, 1.807) is 6.20 Å². The van der Waals surface area contributed by atoms with Crippen LogP contribution in [0.4, 0.5) is 16.3 Å². The SMILES string of the molecule is O=C(NCCc1ncn[nH]1)Nc1cccnc1N1CCCC1. The quantitative estimate of drug-likeness (QED) is 0.770. The lowest BCUT2D eigenvalue weighted by atomic mass is 10.3. The molecular weight excluding hydrogens is 282 g/mol. The molecule has 0 aliphatic carbocycles. The second kappa shape index (κ2) is 6.88. The maximum absolute atomic E-state index is 12.0. The van der Waals surface area contributed by atoms with Crippen molar-refractivity contribution >= 4 is 17.5 Å². The van der Waals surface area contributed by atoms with Crippen molar-refractivity contribution in [2.75, 3.05) is 29.9 Å². The third-order valence-electron chi connectivity index (χ3n) is 3.55. The number of nitrogens with zero attached hydrogens (tertiary/aromatic N) is 4. The molecule has 0 unspecified atom stereocenters. The molecule has 1 saturated heterocycles. The van der Waals surface area contributed by atoms with Gasteiger partial charge in [0.2, 0.25) is 0 Å². The van der Waals surface area contributed by atoms with E-state index in [2.05, 4.69) is 35.7 Å². The molecule has 2 aromatic heterocycles. The van der Waals surface area contributed by atoms with Gasteiger partial charge < -0.3 is 15.5 Å². The molecule has 1 fully saturated rings. The molecule has 22 heavy (non-hydrogen) atoms. The lowest BCUT2D eigenvalue weighted by Crippen LogP contribution is -2.31. The van der Waals surface area contributed by atoms with Gasteiger partial charge in [-0.1, -0.05) is 0 Å². The minimum atomic E-state index is -0.243. The molecule has 3 N–H and O–H groups in total. The number of aromatic amines is 1. The molecule has 1 aliphatic rings. The van der Waals surface area contributed by atoms with Crippen LogP contribution < -0.4 is 15.5 Å². The second-order valence-corrected chi connectivity index (χ2v) is 5.13. The van der Waals surface area contributed by atoms with E-state index in [0.717, 1.165) is 30.4 Å². The molecule has 0 aromatic carbocycles. The summed E-state index contributed by atoms with van der Waals surface area (Å²) in [5.74, 6) is 1.59. The number of rotatable bonds is 5. The van der Waals surface area contributed by atoms with E-state index in [0.29, 0.717) is 13.0 Å². The highest BCUT2D eigenvalue weighted by molar-refractivity contribution is 5.92. The van der Waals surface area contributed by atoms with Crippen LogP contribution >= 0.6 is 0 Å². The van der Waals surface area contributed by atoms with Crippen LogP contribution in [0.3, 0.4) is 0 Å². The maximum atomic E-state index is 12.0. The molecule has 0 atom stereocenters. The minimum Gasteiger partial charge on any atom is -0.355 e. The number of anilines is 2. The van der Waals surface area contributed by atoms with Crippen LogP contribution in [0.2, 0.25) is 0 Å².